The van der Waals surface area contributed by atoms with Crippen molar-refractivity contribution >= 4 is 5.84 Å². The lowest BCUT2D eigenvalue weighted by Crippen LogP contribution is -2.29. The van der Waals surface area contributed by atoms with E-state index in [9.17, 15) is 0 Å². The van der Waals surface area contributed by atoms with Crippen LogP contribution in [-0.4, -0.2) is 19.4 Å². The molecule has 1 aliphatic heterocycles. The summed E-state index contributed by atoms with van der Waals surface area (Å²) in [4.78, 5) is 0. The molecule has 0 saturated carbocycles. The molecule has 0 unspecified atom stereocenters. The van der Waals surface area contributed by atoms with Gasteiger partial charge in [-0.2, -0.15) is 0 Å². The maximum absolute atomic E-state index is 7.52. The number of allylic oxidation sites excluding steroid dienone is 1. The summed E-state index contributed by atoms with van der Waals surface area (Å²) in [6, 6.07) is 0. The second kappa shape index (κ2) is 3.23. The van der Waals surface area contributed by atoms with Crippen molar-refractivity contribution in [3.05, 3.63) is 23.4 Å². The Morgan fingerprint density at radius 1 is 1.73 bits per heavy atom. The molecular formula is C8H13N3. The topological polar surface area (TPSA) is 47.9 Å². The second-order valence-electron chi connectivity index (χ2n) is 2.45. The zero-order valence-electron chi connectivity index (χ0n) is 6.86. The van der Waals surface area contributed by atoms with Gasteiger partial charge in [-0.3, -0.25) is 5.41 Å². The zero-order chi connectivity index (χ0) is 8.27. The molecular weight excluding hydrogens is 138 g/mol. The Hall–Kier alpha value is -1.25. The van der Waals surface area contributed by atoms with Gasteiger partial charge in [-0.25, -0.2) is 0 Å². The third-order valence-corrected chi connectivity index (χ3v) is 1.73. The summed E-state index contributed by atoms with van der Waals surface area (Å²) in [5.74, 6) is 0.499. The van der Waals surface area contributed by atoms with E-state index in [-0.39, 0.29) is 0 Å². The highest BCUT2D eigenvalue weighted by Gasteiger charge is 2.07. The quantitative estimate of drug-likeness (QED) is 0.514. The molecule has 3 heteroatoms. The summed E-state index contributed by atoms with van der Waals surface area (Å²) in [5.41, 5.74) is 1.97. The molecule has 1 heterocycles. The van der Waals surface area contributed by atoms with Crippen molar-refractivity contribution in [3.8, 4) is 0 Å². The Morgan fingerprint density at radius 3 is 3.00 bits per heavy atom. The molecule has 11 heavy (non-hydrogen) atoms. The van der Waals surface area contributed by atoms with E-state index < -0.39 is 0 Å². The number of nitrogens with one attached hydrogen (secondary N) is 3. The summed E-state index contributed by atoms with van der Waals surface area (Å²) < 4.78 is 0. The van der Waals surface area contributed by atoms with Gasteiger partial charge >= 0.3 is 0 Å². The molecule has 0 aromatic heterocycles. The van der Waals surface area contributed by atoms with Crippen LogP contribution in [0.15, 0.2) is 23.4 Å². The van der Waals surface area contributed by atoms with Gasteiger partial charge in [0.05, 0.1) is 0 Å². The number of amidine groups is 1. The molecule has 60 valence electrons. The van der Waals surface area contributed by atoms with Gasteiger partial charge in [0.25, 0.3) is 0 Å². The van der Waals surface area contributed by atoms with Crippen molar-refractivity contribution in [1.29, 1.82) is 5.41 Å². The van der Waals surface area contributed by atoms with E-state index >= 15 is 0 Å². The van der Waals surface area contributed by atoms with Crippen LogP contribution in [0.4, 0.5) is 0 Å². The summed E-state index contributed by atoms with van der Waals surface area (Å²) in [6.07, 6.45) is 3.97. The highest BCUT2D eigenvalue weighted by molar-refractivity contribution is 6.00. The first kappa shape index (κ1) is 7.85. The van der Waals surface area contributed by atoms with Gasteiger partial charge < -0.3 is 10.6 Å². The van der Waals surface area contributed by atoms with Crippen molar-refractivity contribution < 1.29 is 0 Å². The summed E-state index contributed by atoms with van der Waals surface area (Å²) >= 11 is 0. The summed E-state index contributed by atoms with van der Waals surface area (Å²) in [7, 11) is 1.86. The van der Waals surface area contributed by atoms with E-state index in [0.29, 0.717) is 5.84 Å². The van der Waals surface area contributed by atoms with E-state index in [0.717, 1.165) is 17.8 Å². The predicted molar refractivity (Wildman–Crippen MR) is 46.6 cm³/mol. The molecule has 0 aliphatic carbocycles. The van der Waals surface area contributed by atoms with Crippen LogP contribution in [0.3, 0.4) is 0 Å². The van der Waals surface area contributed by atoms with Crippen molar-refractivity contribution in [3.63, 3.8) is 0 Å². The summed E-state index contributed by atoms with van der Waals surface area (Å²) in [5, 5.41) is 13.5. The lowest BCUT2D eigenvalue weighted by Gasteiger charge is -2.14. The molecule has 0 aromatic rings. The maximum Gasteiger partial charge on any atom is 0.127 e. The van der Waals surface area contributed by atoms with E-state index in [1.54, 1.807) is 0 Å². The second-order valence-corrected chi connectivity index (χ2v) is 2.45. The highest BCUT2D eigenvalue weighted by Crippen LogP contribution is 2.05. The lowest BCUT2D eigenvalue weighted by atomic mass is 10.1. The molecule has 1 aliphatic rings. The molecule has 0 atom stereocenters. The smallest absolute Gasteiger partial charge is 0.127 e. The van der Waals surface area contributed by atoms with Crippen LogP contribution in [0.1, 0.15) is 6.92 Å². The fourth-order valence-electron chi connectivity index (χ4n) is 0.963. The highest BCUT2D eigenvalue weighted by atomic mass is 14.9. The van der Waals surface area contributed by atoms with E-state index in [1.165, 1.54) is 0 Å². The minimum absolute atomic E-state index is 0.499. The van der Waals surface area contributed by atoms with Crippen LogP contribution in [0, 0.1) is 5.41 Å². The first-order valence-electron chi connectivity index (χ1n) is 3.63. The molecule has 0 bridgehead atoms. The average molecular weight is 151 g/mol. The molecule has 0 radical (unpaired) electrons. The first-order valence-corrected chi connectivity index (χ1v) is 3.63. The van der Waals surface area contributed by atoms with Crippen molar-refractivity contribution in [2.24, 2.45) is 0 Å². The largest absolute Gasteiger partial charge is 0.391 e. The van der Waals surface area contributed by atoms with Gasteiger partial charge in [-0.05, 0) is 6.92 Å². The minimum Gasteiger partial charge on any atom is -0.391 e. The van der Waals surface area contributed by atoms with Crippen LogP contribution >= 0.6 is 0 Å². The normalized spacial score (nSPS) is 21.1. The molecule has 0 fully saturated rings. The number of hydrogen-bond acceptors (Lipinski definition) is 2. The number of rotatable bonds is 1. The van der Waals surface area contributed by atoms with Crippen LogP contribution in [0.25, 0.3) is 0 Å². The van der Waals surface area contributed by atoms with E-state index in [4.69, 9.17) is 5.41 Å². The van der Waals surface area contributed by atoms with Gasteiger partial charge in [0, 0.05) is 24.9 Å². The fraction of sp³-hybridized carbons (Fsp3) is 0.375. The Balaban J connectivity index is 2.92. The molecule has 0 amide bonds. The molecule has 0 spiro atoms. The van der Waals surface area contributed by atoms with Gasteiger partial charge in [0.1, 0.15) is 5.84 Å². The molecule has 3 N–H and O–H groups in total. The first-order chi connectivity index (χ1) is 5.25. The van der Waals surface area contributed by atoms with Crippen LogP contribution < -0.4 is 10.6 Å². The molecule has 1 rings (SSSR count). The Morgan fingerprint density at radius 2 is 2.45 bits per heavy atom. The van der Waals surface area contributed by atoms with Crippen molar-refractivity contribution in [1.82, 2.24) is 10.6 Å². The minimum atomic E-state index is 0.499. The van der Waals surface area contributed by atoms with Gasteiger partial charge in [0.2, 0.25) is 0 Å². The van der Waals surface area contributed by atoms with E-state index in [1.807, 2.05) is 26.1 Å². The fourth-order valence-corrected chi connectivity index (χ4v) is 0.963. The summed E-state index contributed by atoms with van der Waals surface area (Å²) in [6.45, 7) is 2.72. The van der Waals surface area contributed by atoms with Crippen LogP contribution in [-0.2, 0) is 0 Å². The molecule has 0 saturated heterocycles. The molecule has 3 nitrogen and oxygen atoms in total. The van der Waals surface area contributed by atoms with Crippen LogP contribution in [0.2, 0.25) is 0 Å². The SMILES string of the molecule is CN/C(C)=C1\C=CCNC1=N. The van der Waals surface area contributed by atoms with Crippen molar-refractivity contribution in [2.75, 3.05) is 13.6 Å². The van der Waals surface area contributed by atoms with Crippen LogP contribution in [0.5, 0.6) is 0 Å². The predicted octanol–water partition coefficient (Wildman–Crippen LogP) is 0.616. The van der Waals surface area contributed by atoms with Gasteiger partial charge in [0.15, 0.2) is 0 Å². The van der Waals surface area contributed by atoms with Gasteiger partial charge in [-0.1, -0.05) is 12.2 Å². The average Bonchev–Trinajstić information content (AvgIpc) is 2.04. The maximum atomic E-state index is 7.52. The van der Waals surface area contributed by atoms with E-state index in [2.05, 4.69) is 10.6 Å². The molecule has 0 aromatic carbocycles. The third kappa shape index (κ3) is 1.61. The Labute approximate surface area is 66.7 Å². The van der Waals surface area contributed by atoms with Gasteiger partial charge in [-0.15, -0.1) is 0 Å². The lowest BCUT2D eigenvalue weighted by molar-refractivity contribution is 0.950. The Bertz CT molecular complexity index is 225. The monoisotopic (exact) mass is 151 g/mol. The third-order valence-electron chi connectivity index (χ3n) is 1.73. The zero-order valence-corrected chi connectivity index (χ0v) is 6.86. The number of hydrogen-bond donors (Lipinski definition) is 3. The standard InChI is InChI=1S/C8H13N3/c1-6(10-2)7-4-3-5-11-8(7)9/h3-4,10H,5H2,1-2H3,(H2,9,11)/b7-6+. The van der Waals surface area contributed by atoms with Crippen molar-refractivity contribution in [2.45, 2.75) is 6.92 Å². The Kier molecular flexibility index (Phi) is 2.31.